The lowest BCUT2D eigenvalue weighted by Crippen LogP contribution is -2.28. The molecule has 1 N–H and O–H groups in total. The predicted octanol–water partition coefficient (Wildman–Crippen LogP) is 2.13. The Kier molecular flexibility index (Phi) is 4.81. The van der Waals surface area contributed by atoms with E-state index >= 15 is 0 Å². The third kappa shape index (κ3) is 4.11. The summed E-state index contributed by atoms with van der Waals surface area (Å²) < 4.78 is 0. The Morgan fingerprint density at radius 3 is 2.93 bits per heavy atom. The van der Waals surface area contributed by atoms with Crippen LogP contribution in [0.1, 0.15) is 32.4 Å². The molecule has 1 amide bonds. The van der Waals surface area contributed by atoms with Gasteiger partial charge in [-0.1, -0.05) is 26.3 Å². The first-order chi connectivity index (χ1) is 7.24. The van der Waals surface area contributed by atoms with E-state index < -0.39 is 0 Å². The van der Waals surface area contributed by atoms with Crippen LogP contribution in [0.15, 0.2) is 24.4 Å². The number of nitrogens with one attached hydrogen (secondary N) is 1. The second-order valence-electron chi connectivity index (χ2n) is 3.73. The van der Waals surface area contributed by atoms with Gasteiger partial charge in [-0.2, -0.15) is 0 Å². The van der Waals surface area contributed by atoms with E-state index in [1.807, 2.05) is 25.1 Å². The number of carbonyl (C=O) groups is 1. The molecule has 82 valence electrons. The van der Waals surface area contributed by atoms with Gasteiger partial charge in [0.25, 0.3) is 0 Å². The van der Waals surface area contributed by atoms with E-state index in [1.165, 1.54) is 0 Å². The van der Waals surface area contributed by atoms with Gasteiger partial charge in [0.05, 0.1) is 12.2 Å². The molecule has 1 atom stereocenters. The van der Waals surface area contributed by atoms with Crippen molar-refractivity contribution in [1.82, 2.24) is 10.3 Å². The maximum Gasteiger partial charge on any atom is 0.223 e. The Labute approximate surface area is 90.9 Å². The van der Waals surface area contributed by atoms with Crippen molar-refractivity contribution in [3.8, 4) is 0 Å². The van der Waals surface area contributed by atoms with Crippen LogP contribution in [0.4, 0.5) is 0 Å². The smallest absolute Gasteiger partial charge is 0.223 e. The molecule has 0 saturated heterocycles. The fourth-order valence-corrected chi connectivity index (χ4v) is 1.42. The molecule has 3 nitrogen and oxygen atoms in total. The predicted molar refractivity (Wildman–Crippen MR) is 60.2 cm³/mol. The number of hydrogen-bond acceptors (Lipinski definition) is 2. The fourth-order valence-electron chi connectivity index (χ4n) is 1.42. The van der Waals surface area contributed by atoms with Gasteiger partial charge < -0.3 is 5.32 Å². The summed E-state index contributed by atoms with van der Waals surface area (Å²) in [7, 11) is 0. The van der Waals surface area contributed by atoms with Crippen LogP contribution < -0.4 is 5.32 Å². The average Bonchev–Trinajstić information content (AvgIpc) is 2.27. The van der Waals surface area contributed by atoms with E-state index in [4.69, 9.17) is 0 Å². The molecule has 0 aliphatic heterocycles. The highest BCUT2D eigenvalue weighted by Gasteiger charge is 2.10. The number of amides is 1. The van der Waals surface area contributed by atoms with Crippen LogP contribution in [-0.4, -0.2) is 10.9 Å². The SMILES string of the molecule is CCC[C@@H](C)C(=O)NCc1ccccn1. The first kappa shape index (κ1) is 11.7. The van der Waals surface area contributed by atoms with Gasteiger partial charge in [-0.25, -0.2) is 0 Å². The van der Waals surface area contributed by atoms with Crippen LogP contribution in [0, 0.1) is 5.92 Å². The first-order valence-corrected chi connectivity index (χ1v) is 5.41. The number of aromatic nitrogens is 1. The summed E-state index contributed by atoms with van der Waals surface area (Å²) in [5.41, 5.74) is 0.898. The normalized spacial score (nSPS) is 12.1. The van der Waals surface area contributed by atoms with Gasteiger partial charge in [0, 0.05) is 12.1 Å². The van der Waals surface area contributed by atoms with Gasteiger partial charge in [-0.15, -0.1) is 0 Å². The number of carbonyl (C=O) groups excluding carboxylic acids is 1. The number of hydrogen-bond donors (Lipinski definition) is 1. The maximum absolute atomic E-state index is 11.6. The van der Waals surface area contributed by atoms with Crippen molar-refractivity contribution in [2.75, 3.05) is 0 Å². The van der Waals surface area contributed by atoms with Crippen molar-refractivity contribution < 1.29 is 4.79 Å². The number of nitrogens with zero attached hydrogens (tertiary/aromatic N) is 1. The van der Waals surface area contributed by atoms with Crippen molar-refractivity contribution in [3.05, 3.63) is 30.1 Å². The molecule has 0 unspecified atom stereocenters. The molecule has 0 fully saturated rings. The van der Waals surface area contributed by atoms with Crippen LogP contribution >= 0.6 is 0 Å². The van der Waals surface area contributed by atoms with E-state index in [1.54, 1.807) is 6.20 Å². The van der Waals surface area contributed by atoms with Crippen LogP contribution in [0.2, 0.25) is 0 Å². The van der Waals surface area contributed by atoms with Gasteiger partial charge in [0.1, 0.15) is 0 Å². The van der Waals surface area contributed by atoms with Gasteiger partial charge in [0.15, 0.2) is 0 Å². The Bertz CT molecular complexity index is 298. The van der Waals surface area contributed by atoms with Gasteiger partial charge in [-0.3, -0.25) is 9.78 Å². The maximum atomic E-state index is 11.6. The Morgan fingerprint density at radius 2 is 2.33 bits per heavy atom. The van der Waals surface area contributed by atoms with E-state index in [-0.39, 0.29) is 11.8 Å². The standard InChI is InChI=1S/C12H18N2O/c1-3-6-10(2)12(15)14-9-11-7-4-5-8-13-11/h4-5,7-8,10H,3,6,9H2,1-2H3,(H,14,15)/t10-/m1/s1. The summed E-state index contributed by atoms with van der Waals surface area (Å²) in [5, 5.41) is 2.88. The van der Waals surface area contributed by atoms with Crippen LogP contribution in [-0.2, 0) is 11.3 Å². The molecule has 1 aromatic rings. The van der Waals surface area contributed by atoms with E-state index in [0.717, 1.165) is 18.5 Å². The summed E-state index contributed by atoms with van der Waals surface area (Å²) >= 11 is 0. The molecule has 0 bridgehead atoms. The summed E-state index contributed by atoms with van der Waals surface area (Å²) in [4.78, 5) is 15.7. The molecular weight excluding hydrogens is 188 g/mol. The minimum Gasteiger partial charge on any atom is -0.350 e. The topological polar surface area (TPSA) is 42.0 Å². The highest BCUT2D eigenvalue weighted by atomic mass is 16.1. The molecule has 0 aromatic carbocycles. The largest absolute Gasteiger partial charge is 0.350 e. The quantitative estimate of drug-likeness (QED) is 0.802. The van der Waals surface area contributed by atoms with Crippen molar-refractivity contribution in [1.29, 1.82) is 0 Å². The molecule has 0 radical (unpaired) electrons. The van der Waals surface area contributed by atoms with Crippen molar-refractivity contribution in [2.45, 2.75) is 33.2 Å². The Balaban J connectivity index is 2.34. The van der Waals surface area contributed by atoms with Crippen molar-refractivity contribution in [3.63, 3.8) is 0 Å². The molecule has 1 rings (SSSR count). The molecule has 0 saturated carbocycles. The highest BCUT2D eigenvalue weighted by Crippen LogP contribution is 2.04. The van der Waals surface area contributed by atoms with E-state index in [0.29, 0.717) is 6.54 Å². The van der Waals surface area contributed by atoms with Gasteiger partial charge >= 0.3 is 0 Å². The van der Waals surface area contributed by atoms with Crippen LogP contribution in [0.5, 0.6) is 0 Å². The molecule has 1 aromatic heterocycles. The number of rotatable bonds is 5. The first-order valence-electron chi connectivity index (χ1n) is 5.41. The van der Waals surface area contributed by atoms with Gasteiger partial charge in [0.2, 0.25) is 5.91 Å². The van der Waals surface area contributed by atoms with Crippen LogP contribution in [0.3, 0.4) is 0 Å². The average molecular weight is 206 g/mol. The Morgan fingerprint density at radius 1 is 1.53 bits per heavy atom. The summed E-state index contributed by atoms with van der Waals surface area (Å²) in [5.74, 6) is 0.209. The van der Waals surface area contributed by atoms with Crippen molar-refractivity contribution >= 4 is 5.91 Å². The van der Waals surface area contributed by atoms with Crippen molar-refractivity contribution in [2.24, 2.45) is 5.92 Å². The van der Waals surface area contributed by atoms with Gasteiger partial charge in [-0.05, 0) is 18.6 Å². The zero-order valence-electron chi connectivity index (χ0n) is 9.36. The summed E-state index contributed by atoms with van der Waals surface area (Å²) in [6.45, 7) is 4.56. The minimum atomic E-state index is 0.0960. The fraction of sp³-hybridized carbons (Fsp3) is 0.500. The second-order valence-corrected chi connectivity index (χ2v) is 3.73. The highest BCUT2D eigenvalue weighted by molar-refractivity contribution is 5.78. The Hall–Kier alpha value is -1.38. The molecule has 0 aliphatic carbocycles. The van der Waals surface area contributed by atoms with E-state index in [9.17, 15) is 4.79 Å². The monoisotopic (exact) mass is 206 g/mol. The molecular formula is C12H18N2O. The third-order valence-corrected chi connectivity index (χ3v) is 2.34. The third-order valence-electron chi connectivity index (χ3n) is 2.34. The minimum absolute atomic E-state index is 0.0960. The lowest BCUT2D eigenvalue weighted by molar-refractivity contribution is -0.124. The number of pyridine rings is 1. The molecule has 15 heavy (non-hydrogen) atoms. The summed E-state index contributed by atoms with van der Waals surface area (Å²) in [6.07, 6.45) is 3.71. The molecule has 3 heteroatoms. The lowest BCUT2D eigenvalue weighted by Gasteiger charge is -2.10. The molecule has 0 aliphatic rings. The zero-order valence-corrected chi connectivity index (χ0v) is 9.36. The summed E-state index contributed by atoms with van der Waals surface area (Å²) in [6, 6.07) is 5.69. The zero-order chi connectivity index (χ0) is 11.1. The molecule has 1 heterocycles. The van der Waals surface area contributed by atoms with E-state index in [2.05, 4.69) is 17.2 Å². The second kappa shape index (κ2) is 6.17. The lowest BCUT2D eigenvalue weighted by atomic mass is 10.1. The van der Waals surface area contributed by atoms with Crippen LogP contribution in [0.25, 0.3) is 0 Å². The molecule has 0 spiro atoms.